The Balaban J connectivity index is 2.08. The molecule has 0 aliphatic carbocycles. The highest BCUT2D eigenvalue weighted by Gasteiger charge is 2.41. The summed E-state index contributed by atoms with van der Waals surface area (Å²) in [4.78, 5) is 13.0. The standard InChI is InChI=1S/C12H10N2O3S2/c13-8-3-4-10-11(6-8)19(16,17)14(12(10)15)7-9-2-1-5-18-9/h1-6H,7,13H2. The number of rotatable bonds is 2. The van der Waals surface area contributed by atoms with Crippen LogP contribution < -0.4 is 5.73 Å². The van der Waals surface area contributed by atoms with Gasteiger partial charge in [-0.3, -0.25) is 4.79 Å². The van der Waals surface area contributed by atoms with E-state index in [1.807, 2.05) is 11.4 Å². The summed E-state index contributed by atoms with van der Waals surface area (Å²) in [6.07, 6.45) is 0. The van der Waals surface area contributed by atoms with Crippen LogP contribution in [0.1, 0.15) is 15.2 Å². The summed E-state index contributed by atoms with van der Waals surface area (Å²) >= 11 is 1.41. The second-order valence-electron chi connectivity index (χ2n) is 4.15. The van der Waals surface area contributed by atoms with Crippen LogP contribution in [-0.2, 0) is 16.6 Å². The van der Waals surface area contributed by atoms with Gasteiger partial charge in [-0.05, 0) is 29.6 Å². The van der Waals surface area contributed by atoms with Gasteiger partial charge in [0.2, 0.25) is 0 Å². The zero-order valence-corrected chi connectivity index (χ0v) is 11.4. The first kappa shape index (κ1) is 12.2. The van der Waals surface area contributed by atoms with Gasteiger partial charge in [-0.25, -0.2) is 12.7 Å². The van der Waals surface area contributed by atoms with Crippen LogP contribution in [0.5, 0.6) is 0 Å². The van der Waals surface area contributed by atoms with Gasteiger partial charge in [0, 0.05) is 10.6 Å². The van der Waals surface area contributed by atoms with E-state index in [0.717, 1.165) is 9.18 Å². The van der Waals surface area contributed by atoms with E-state index in [4.69, 9.17) is 5.73 Å². The SMILES string of the molecule is Nc1ccc2c(c1)S(=O)(=O)N(Cc1cccs1)C2=O. The van der Waals surface area contributed by atoms with Crippen molar-refractivity contribution < 1.29 is 13.2 Å². The Morgan fingerprint density at radius 3 is 2.74 bits per heavy atom. The topological polar surface area (TPSA) is 80.5 Å². The molecule has 1 amide bonds. The maximum atomic E-state index is 12.3. The summed E-state index contributed by atoms with van der Waals surface area (Å²) in [6.45, 7) is 0.0629. The monoisotopic (exact) mass is 294 g/mol. The molecule has 2 N–H and O–H groups in total. The predicted molar refractivity (Wildman–Crippen MR) is 72.2 cm³/mol. The zero-order chi connectivity index (χ0) is 13.6. The van der Waals surface area contributed by atoms with Crippen molar-refractivity contribution in [2.24, 2.45) is 0 Å². The Morgan fingerprint density at radius 1 is 1.26 bits per heavy atom. The van der Waals surface area contributed by atoms with Gasteiger partial charge in [0.25, 0.3) is 15.9 Å². The number of nitrogens with two attached hydrogens (primary N) is 1. The van der Waals surface area contributed by atoms with Gasteiger partial charge >= 0.3 is 0 Å². The Labute approximate surface area is 114 Å². The largest absolute Gasteiger partial charge is 0.399 e. The third kappa shape index (κ3) is 1.82. The fraction of sp³-hybridized carbons (Fsp3) is 0.0833. The van der Waals surface area contributed by atoms with E-state index in [0.29, 0.717) is 5.69 Å². The van der Waals surface area contributed by atoms with Crippen molar-refractivity contribution >= 4 is 33.0 Å². The summed E-state index contributed by atoms with van der Waals surface area (Å²) in [5.41, 5.74) is 6.10. The van der Waals surface area contributed by atoms with Crippen LogP contribution in [0.4, 0.5) is 5.69 Å². The van der Waals surface area contributed by atoms with Gasteiger partial charge in [-0.1, -0.05) is 6.07 Å². The smallest absolute Gasteiger partial charge is 0.269 e. The van der Waals surface area contributed by atoms with Gasteiger partial charge < -0.3 is 5.73 Å². The number of hydrogen-bond donors (Lipinski definition) is 1. The van der Waals surface area contributed by atoms with Gasteiger partial charge in [-0.2, -0.15) is 0 Å². The molecule has 3 rings (SSSR count). The number of benzene rings is 1. The summed E-state index contributed by atoms with van der Waals surface area (Å²) < 4.78 is 25.5. The molecule has 98 valence electrons. The molecule has 2 heterocycles. The average molecular weight is 294 g/mol. The number of fused-ring (bicyclic) bond motifs is 1. The quantitative estimate of drug-likeness (QED) is 0.854. The van der Waals surface area contributed by atoms with E-state index in [9.17, 15) is 13.2 Å². The van der Waals surface area contributed by atoms with E-state index < -0.39 is 15.9 Å². The first-order valence-electron chi connectivity index (χ1n) is 5.49. The number of nitrogens with zero attached hydrogens (tertiary/aromatic N) is 1. The van der Waals surface area contributed by atoms with Crippen molar-refractivity contribution in [3.8, 4) is 0 Å². The molecule has 0 spiro atoms. The summed E-state index contributed by atoms with van der Waals surface area (Å²) in [5, 5.41) is 1.84. The normalized spacial score (nSPS) is 16.6. The van der Waals surface area contributed by atoms with Crippen molar-refractivity contribution in [2.45, 2.75) is 11.4 Å². The molecule has 19 heavy (non-hydrogen) atoms. The van der Waals surface area contributed by atoms with Crippen LogP contribution in [0.25, 0.3) is 0 Å². The highest BCUT2D eigenvalue weighted by molar-refractivity contribution is 7.90. The third-order valence-electron chi connectivity index (χ3n) is 2.91. The van der Waals surface area contributed by atoms with Crippen molar-refractivity contribution in [2.75, 3.05) is 5.73 Å². The van der Waals surface area contributed by atoms with Crippen LogP contribution in [0.3, 0.4) is 0 Å². The highest BCUT2D eigenvalue weighted by Crippen LogP contribution is 2.33. The second kappa shape index (κ2) is 4.07. The average Bonchev–Trinajstić information content (AvgIpc) is 2.92. The number of nitrogen functional groups attached to an aromatic ring is 1. The maximum absolute atomic E-state index is 12.3. The lowest BCUT2D eigenvalue weighted by molar-refractivity contribution is 0.0866. The molecule has 0 radical (unpaired) electrons. The number of amides is 1. The molecular formula is C12H10N2O3S2. The van der Waals surface area contributed by atoms with Gasteiger partial charge in [0.05, 0.1) is 12.1 Å². The van der Waals surface area contributed by atoms with Crippen LogP contribution in [0.15, 0.2) is 40.6 Å². The van der Waals surface area contributed by atoms with Gasteiger partial charge in [-0.15, -0.1) is 11.3 Å². The minimum Gasteiger partial charge on any atom is -0.399 e. The molecule has 1 aromatic heterocycles. The number of carbonyl (C=O) groups excluding carboxylic acids is 1. The molecule has 7 heteroatoms. The zero-order valence-electron chi connectivity index (χ0n) is 9.74. The van der Waals surface area contributed by atoms with E-state index in [2.05, 4.69) is 0 Å². The lowest BCUT2D eigenvalue weighted by Gasteiger charge is -2.13. The molecule has 1 aliphatic rings. The van der Waals surface area contributed by atoms with E-state index in [1.165, 1.54) is 29.5 Å². The van der Waals surface area contributed by atoms with Crippen molar-refractivity contribution in [1.29, 1.82) is 0 Å². The summed E-state index contributed by atoms with van der Waals surface area (Å²) in [6, 6.07) is 7.93. The number of hydrogen-bond acceptors (Lipinski definition) is 5. The van der Waals surface area contributed by atoms with Gasteiger partial charge in [0.1, 0.15) is 4.90 Å². The summed E-state index contributed by atoms with van der Waals surface area (Å²) in [7, 11) is -3.78. The number of sulfonamides is 1. The van der Waals surface area contributed by atoms with Crippen molar-refractivity contribution in [3.63, 3.8) is 0 Å². The van der Waals surface area contributed by atoms with Crippen LogP contribution in [0, 0.1) is 0 Å². The Bertz CT molecular complexity index is 751. The Kier molecular flexibility index (Phi) is 2.61. The maximum Gasteiger partial charge on any atom is 0.269 e. The van der Waals surface area contributed by atoms with E-state index >= 15 is 0 Å². The molecule has 0 saturated carbocycles. The second-order valence-corrected chi connectivity index (χ2v) is 7.01. The molecule has 0 saturated heterocycles. The third-order valence-corrected chi connectivity index (χ3v) is 5.54. The fourth-order valence-electron chi connectivity index (χ4n) is 1.99. The number of carbonyl (C=O) groups is 1. The Morgan fingerprint density at radius 2 is 2.05 bits per heavy atom. The lowest BCUT2D eigenvalue weighted by atomic mass is 10.2. The molecule has 5 nitrogen and oxygen atoms in total. The molecule has 0 unspecified atom stereocenters. The first-order valence-corrected chi connectivity index (χ1v) is 7.81. The minimum absolute atomic E-state index is 0.00550. The van der Waals surface area contributed by atoms with Crippen LogP contribution in [-0.4, -0.2) is 18.6 Å². The van der Waals surface area contributed by atoms with Crippen LogP contribution >= 0.6 is 11.3 Å². The lowest BCUT2D eigenvalue weighted by Crippen LogP contribution is -2.29. The van der Waals surface area contributed by atoms with Crippen molar-refractivity contribution in [3.05, 3.63) is 46.2 Å². The van der Waals surface area contributed by atoms with Gasteiger partial charge in [0.15, 0.2) is 0 Å². The fourth-order valence-corrected chi connectivity index (χ4v) is 4.35. The number of anilines is 1. The summed E-state index contributed by atoms with van der Waals surface area (Å²) in [5.74, 6) is -0.497. The van der Waals surface area contributed by atoms with Crippen LogP contribution in [0.2, 0.25) is 0 Å². The molecule has 0 fully saturated rings. The highest BCUT2D eigenvalue weighted by atomic mass is 32.2. The molecule has 1 aromatic carbocycles. The Hall–Kier alpha value is -1.86. The predicted octanol–water partition coefficient (Wildman–Crippen LogP) is 1.68. The first-order chi connectivity index (χ1) is 9.00. The molecular weight excluding hydrogens is 284 g/mol. The van der Waals surface area contributed by atoms with E-state index in [1.54, 1.807) is 6.07 Å². The molecule has 0 bridgehead atoms. The molecule has 0 atom stereocenters. The molecule has 2 aromatic rings. The van der Waals surface area contributed by atoms with Crippen molar-refractivity contribution in [1.82, 2.24) is 4.31 Å². The minimum atomic E-state index is -3.78. The van der Waals surface area contributed by atoms with E-state index in [-0.39, 0.29) is 17.0 Å². The molecule has 1 aliphatic heterocycles. The number of thiophene rings is 1.